The van der Waals surface area contributed by atoms with E-state index >= 15 is 0 Å². The summed E-state index contributed by atoms with van der Waals surface area (Å²) in [6.07, 6.45) is 2.58. The molecule has 9 nitrogen and oxygen atoms in total. The van der Waals surface area contributed by atoms with Crippen LogP contribution in [0.3, 0.4) is 0 Å². The van der Waals surface area contributed by atoms with Gasteiger partial charge >= 0.3 is 6.09 Å². The van der Waals surface area contributed by atoms with Crippen molar-refractivity contribution in [3.8, 4) is 0 Å². The van der Waals surface area contributed by atoms with E-state index < -0.39 is 23.4 Å². The fraction of sp³-hybridized carbons (Fsp3) is 0.500. The average molecular weight is 577 g/mol. The number of benzene rings is 2. The first kappa shape index (κ1) is 28.3. The highest BCUT2D eigenvalue weighted by Gasteiger charge is 2.41. The van der Waals surface area contributed by atoms with E-state index in [9.17, 15) is 23.6 Å². The maximum absolute atomic E-state index is 14.8. The first-order valence-electron chi connectivity index (χ1n) is 14.8. The summed E-state index contributed by atoms with van der Waals surface area (Å²) in [7, 11) is 0. The minimum atomic E-state index is -0.723. The Kier molecular flexibility index (Phi) is 7.29. The SMILES string of the molecule is CC(C)(C)OC(=O)N1CCc2ccc(CN3CCC(c4cc(F)cc5c4CN(C4CCC(=O)NC4=O)C5=O)CC3)cc21. The van der Waals surface area contributed by atoms with Crippen LogP contribution in [0.2, 0.25) is 0 Å². The van der Waals surface area contributed by atoms with Gasteiger partial charge in [0.1, 0.15) is 17.5 Å². The molecular formula is C32H37FN4O5. The molecule has 2 saturated heterocycles. The van der Waals surface area contributed by atoms with Crippen LogP contribution in [0.5, 0.6) is 0 Å². The molecule has 0 aliphatic carbocycles. The molecule has 0 radical (unpaired) electrons. The molecule has 0 bridgehead atoms. The number of nitrogens with zero attached hydrogens (tertiary/aromatic N) is 3. The number of piperidine rings is 2. The third-order valence-electron chi connectivity index (χ3n) is 8.75. The third-order valence-corrected chi connectivity index (χ3v) is 8.75. The molecule has 0 spiro atoms. The van der Waals surface area contributed by atoms with E-state index in [2.05, 4.69) is 28.4 Å². The van der Waals surface area contributed by atoms with Crippen molar-refractivity contribution in [2.75, 3.05) is 24.5 Å². The zero-order chi connectivity index (χ0) is 29.8. The molecule has 42 heavy (non-hydrogen) atoms. The lowest BCUT2D eigenvalue weighted by Crippen LogP contribution is -2.52. The Morgan fingerprint density at radius 1 is 1.02 bits per heavy atom. The minimum absolute atomic E-state index is 0.0999. The second-order valence-electron chi connectivity index (χ2n) is 12.8. The van der Waals surface area contributed by atoms with Gasteiger partial charge in [0.15, 0.2) is 0 Å². The number of fused-ring (bicyclic) bond motifs is 2. The quantitative estimate of drug-likeness (QED) is 0.546. The summed E-state index contributed by atoms with van der Waals surface area (Å²) in [6, 6.07) is 8.41. The van der Waals surface area contributed by atoms with Gasteiger partial charge in [0.25, 0.3) is 5.91 Å². The summed E-state index contributed by atoms with van der Waals surface area (Å²) < 4.78 is 20.4. The number of imide groups is 1. The van der Waals surface area contributed by atoms with Gasteiger partial charge in [-0.15, -0.1) is 0 Å². The number of nitrogens with one attached hydrogen (secondary N) is 1. The molecule has 6 rings (SSSR count). The normalized spacial score (nSPS) is 21.4. The smallest absolute Gasteiger partial charge is 0.414 e. The Hall–Kier alpha value is -3.79. The molecule has 2 aromatic carbocycles. The van der Waals surface area contributed by atoms with Crippen molar-refractivity contribution in [3.63, 3.8) is 0 Å². The number of amides is 4. The Balaban J connectivity index is 1.12. The summed E-state index contributed by atoms with van der Waals surface area (Å²) in [5.74, 6) is -1.50. The first-order valence-corrected chi connectivity index (χ1v) is 14.8. The molecule has 0 saturated carbocycles. The van der Waals surface area contributed by atoms with Crippen molar-refractivity contribution < 1.29 is 28.3 Å². The number of halogens is 1. The van der Waals surface area contributed by atoms with Crippen molar-refractivity contribution in [1.82, 2.24) is 15.1 Å². The van der Waals surface area contributed by atoms with Crippen molar-refractivity contribution in [1.29, 1.82) is 0 Å². The molecule has 2 aromatic rings. The largest absolute Gasteiger partial charge is 0.443 e. The number of hydrogen-bond donors (Lipinski definition) is 1. The van der Waals surface area contributed by atoms with Crippen molar-refractivity contribution in [2.45, 2.75) is 83.5 Å². The average Bonchev–Trinajstić information content (AvgIpc) is 3.49. The van der Waals surface area contributed by atoms with Gasteiger partial charge in [-0.2, -0.15) is 0 Å². The van der Waals surface area contributed by atoms with Gasteiger partial charge in [0.05, 0.1) is 5.69 Å². The van der Waals surface area contributed by atoms with Crippen LogP contribution in [-0.2, 0) is 33.8 Å². The number of carbonyl (C=O) groups excluding carboxylic acids is 4. The zero-order valence-corrected chi connectivity index (χ0v) is 24.4. The molecule has 1 atom stereocenters. The predicted molar refractivity (Wildman–Crippen MR) is 153 cm³/mol. The van der Waals surface area contributed by atoms with E-state index in [4.69, 9.17) is 4.74 Å². The van der Waals surface area contributed by atoms with Crippen molar-refractivity contribution in [3.05, 3.63) is 64.0 Å². The fourth-order valence-corrected chi connectivity index (χ4v) is 6.71. The maximum atomic E-state index is 14.8. The Labute approximate surface area is 245 Å². The molecule has 4 aliphatic heterocycles. The highest BCUT2D eigenvalue weighted by Crippen LogP contribution is 2.38. The van der Waals surface area contributed by atoms with Gasteiger partial charge in [-0.3, -0.25) is 29.5 Å². The summed E-state index contributed by atoms with van der Waals surface area (Å²) in [5.41, 5.74) is 4.59. The molecule has 2 fully saturated rings. The zero-order valence-electron chi connectivity index (χ0n) is 24.4. The molecule has 4 amide bonds. The monoisotopic (exact) mass is 576 g/mol. The highest BCUT2D eigenvalue weighted by molar-refractivity contribution is 6.05. The van der Waals surface area contributed by atoms with Crippen LogP contribution in [0.15, 0.2) is 30.3 Å². The second kappa shape index (κ2) is 10.8. The van der Waals surface area contributed by atoms with E-state index in [1.54, 1.807) is 11.0 Å². The number of carbonyl (C=O) groups is 4. The van der Waals surface area contributed by atoms with Crippen LogP contribution in [0.1, 0.15) is 85.0 Å². The lowest BCUT2D eigenvalue weighted by molar-refractivity contribution is -0.136. The maximum Gasteiger partial charge on any atom is 0.414 e. The number of anilines is 1. The lowest BCUT2D eigenvalue weighted by Gasteiger charge is -2.33. The molecule has 1 N–H and O–H groups in total. The van der Waals surface area contributed by atoms with Gasteiger partial charge in [0.2, 0.25) is 11.8 Å². The summed E-state index contributed by atoms with van der Waals surface area (Å²) >= 11 is 0. The number of hydrogen-bond acceptors (Lipinski definition) is 6. The van der Waals surface area contributed by atoms with Gasteiger partial charge in [-0.1, -0.05) is 12.1 Å². The second-order valence-corrected chi connectivity index (χ2v) is 12.8. The highest BCUT2D eigenvalue weighted by atomic mass is 19.1. The van der Waals surface area contributed by atoms with Gasteiger partial charge in [-0.05, 0) is 106 Å². The fourth-order valence-electron chi connectivity index (χ4n) is 6.71. The van der Waals surface area contributed by atoms with Crippen molar-refractivity contribution >= 4 is 29.5 Å². The molecule has 10 heteroatoms. The van der Waals surface area contributed by atoms with Crippen LogP contribution in [0.25, 0.3) is 0 Å². The number of likely N-dealkylation sites (tertiary alicyclic amines) is 1. The molecule has 0 aromatic heterocycles. The predicted octanol–water partition coefficient (Wildman–Crippen LogP) is 4.26. The molecule has 1 unspecified atom stereocenters. The first-order chi connectivity index (χ1) is 20.0. The van der Waals surface area contributed by atoms with Crippen LogP contribution in [0, 0.1) is 5.82 Å². The lowest BCUT2D eigenvalue weighted by atomic mass is 9.85. The Morgan fingerprint density at radius 2 is 1.79 bits per heavy atom. The Bertz CT molecular complexity index is 1460. The number of ether oxygens (including phenoxy) is 1. The topological polar surface area (TPSA) is 99.3 Å². The van der Waals surface area contributed by atoms with Gasteiger partial charge < -0.3 is 9.64 Å². The van der Waals surface area contributed by atoms with E-state index in [0.717, 1.165) is 66.8 Å². The minimum Gasteiger partial charge on any atom is -0.443 e. The van der Waals surface area contributed by atoms with Crippen LogP contribution in [0.4, 0.5) is 14.9 Å². The van der Waals surface area contributed by atoms with Gasteiger partial charge in [-0.25, -0.2) is 9.18 Å². The Morgan fingerprint density at radius 3 is 2.50 bits per heavy atom. The van der Waals surface area contributed by atoms with Gasteiger partial charge in [0, 0.05) is 31.6 Å². The number of rotatable bonds is 4. The van der Waals surface area contributed by atoms with Crippen LogP contribution < -0.4 is 10.2 Å². The standard InChI is InChI=1S/C32H37FN4O5/c1-32(2,3)42-31(41)36-13-10-21-5-4-19(14-27(21)36)17-35-11-8-20(9-12-35)23-15-22(33)16-24-25(23)18-37(30(24)40)26-6-7-28(38)34-29(26)39/h4-5,14-16,20,26H,6-13,17-18H2,1-3H3,(H,34,38,39). The molecular weight excluding hydrogens is 539 g/mol. The van der Waals surface area contributed by atoms with Crippen LogP contribution >= 0.6 is 0 Å². The van der Waals surface area contributed by atoms with E-state index in [-0.39, 0.29) is 43.2 Å². The van der Waals surface area contributed by atoms with E-state index in [1.165, 1.54) is 11.0 Å². The molecule has 222 valence electrons. The summed E-state index contributed by atoms with van der Waals surface area (Å²) in [5, 5.41) is 2.32. The molecule has 4 aliphatic rings. The molecule has 4 heterocycles. The summed E-state index contributed by atoms with van der Waals surface area (Å²) in [6.45, 7) is 8.83. The van der Waals surface area contributed by atoms with Crippen LogP contribution in [-0.4, -0.2) is 64.9 Å². The third kappa shape index (κ3) is 5.52. The van der Waals surface area contributed by atoms with Crippen molar-refractivity contribution in [2.24, 2.45) is 0 Å². The van der Waals surface area contributed by atoms with E-state index in [1.807, 2.05) is 20.8 Å². The summed E-state index contributed by atoms with van der Waals surface area (Å²) in [4.78, 5) is 55.6. The van der Waals surface area contributed by atoms with E-state index in [0.29, 0.717) is 12.1 Å².